The van der Waals surface area contributed by atoms with Crippen LogP contribution in [-0.2, 0) is 51.2 Å². The number of nitrogens with one attached hydrogen (secondary N) is 1. The minimum Gasteiger partial charge on any atom is -0.382 e. The molecule has 0 amide bonds. The van der Waals surface area contributed by atoms with E-state index in [1.807, 2.05) is 0 Å². The highest BCUT2D eigenvalue weighted by molar-refractivity contribution is 8.07. The summed E-state index contributed by atoms with van der Waals surface area (Å²) in [5, 5.41) is 7.72. The van der Waals surface area contributed by atoms with Crippen LogP contribution in [0.2, 0.25) is 0 Å². The summed E-state index contributed by atoms with van der Waals surface area (Å²) < 4.78 is 67.4. The van der Waals surface area contributed by atoms with Crippen molar-refractivity contribution in [2.45, 2.75) is 49.2 Å². The maximum atomic E-state index is 16.0. The summed E-state index contributed by atoms with van der Waals surface area (Å²) in [6, 6.07) is 0. The van der Waals surface area contributed by atoms with Gasteiger partial charge >= 0.3 is 13.4 Å². The van der Waals surface area contributed by atoms with E-state index in [4.69, 9.17) is 62.6 Å². The minimum absolute atomic E-state index is 0.0183. The molecule has 3 aliphatic heterocycles. The summed E-state index contributed by atoms with van der Waals surface area (Å²) in [4.78, 5) is 52.3. The molecule has 7 heterocycles. The van der Waals surface area contributed by atoms with Crippen molar-refractivity contribution in [1.29, 1.82) is 0 Å². The van der Waals surface area contributed by atoms with Gasteiger partial charge in [0.1, 0.15) is 30.7 Å². The van der Waals surface area contributed by atoms with E-state index < -0.39 is 81.4 Å². The zero-order valence-electron chi connectivity index (χ0n) is 22.1. The molecule has 3 saturated heterocycles. The molecule has 242 valence electrons. The van der Waals surface area contributed by atoms with E-state index in [-0.39, 0.29) is 34.1 Å². The normalized spacial score (nSPS) is 37.7. The van der Waals surface area contributed by atoms with E-state index >= 15 is 8.78 Å². The van der Waals surface area contributed by atoms with Crippen molar-refractivity contribution in [1.82, 2.24) is 44.5 Å². The number of anilines is 2. The molecule has 2 bridgehead atoms. The first kappa shape index (κ1) is 30.9. The molecule has 0 saturated carbocycles. The van der Waals surface area contributed by atoms with Crippen LogP contribution in [0, 0.1) is 0 Å². The molecule has 0 aliphatic carbocycles. The zero-order valence-corrected chi connectivity index (χ0v) is 25.6. The molecule has 3 fully saturated rings. The fourth-order valence-corrected chi connectivity index (χ4v) is 7.94. The highest BCUT2D eigenvalue weighted by Gasteiger charge is 2.54. The van der Waals surface area contributed by atoms with Gasteiger partial charge in [-0.25, -0.2) is 23.7 Å². The van der Waals surface area contributed by atoms with Gasteiger partial charge in [-0.15, -0.1) is 5.10 Å². The van der Waals surface area contributed by atoms with E-state index in [9.17, 15) is 14.6 Å². The number of aromatic nitrogens is 9. The van der Waals surface area contributed by atoms with E-state index in [1.54, 1.807) is 0 Å². The number of hydrogen-bond acceptors (Lipinski definition) is 17. The second kappa shape index (κ2) is 11.2. The molecule has 7 rings (SSSR count). The lowest BCUT2D eigenvalue weighted by Gasteiger charge is -2.27. The summed E-state index contributed by atoms with van der Waals surface area (Å²) in [6.45, 7) is -10.1. The third-order valence-corrected chi connectivity index (χ3v) is 10.2. The van der Waals surface area contributed by atoms with Crippen molar-refractivity contribution in [2.75, 3.05) is 24.7 Å². The van der Waals surface area contributed by atoms with Gasteiger partial charge in [-0.2, -0.15) is 9.67 Å². The summed E-state index contributed by atoms with van der Waals surface area (Å²) in [5.41, 5.74) is 10.7. The molecule has 4 aromatic rings. The molecule has 10 atom stereocenters. The second-order valence-electron chi connectivity index (χ2n) is 9.93. The number of aromatic amines is 1. The van der Waals surface area contributed by atoms with Gasteiger partial charge < -0.3 is 39.8 Å². The number of nitrogens with zero attached hydrogens (tertiary/aromatic N) is 8. The van der Waals surface area contributed by atoms with Crippen LogP contribution in [0.5, 0.6) is 0 Å². The third kappa shape index (κ3) is 5.53. The average Bonchev–Trinajstić information content (AvgIpc) is 3.72. The van der Waals surface area contributed by atoms with Gasteiger partial charge in [0.15, 0.2) is 52.9 Å². The molecule has 20 nitrogen and oxygen atoms in total. The number of fused-ring (bicyclic) bond motifs is 5. The van der Waals surface area contributed by atoms with Gasteiger partial charge in [-0.3, -0.25) is 23.4 Å². The summed E-state index contributed by atoms with van der Waals surface area (Å²) >= 11 is 10.3. The molecule has 7 N–H and O–H groups in total. The predicted molar refractivity (Wildman–Crippen MR) is 152 cm³/mol. The minimum atomic E-state index is -4.36. The topological polar surface area (TPSA) is 268 Å². The van der Waals surface area contributed by atoms with Crippen LogP contribution >= 0.6 is 13.4 Å². The molecule has 2 unspecified atom stereocenters. The van der Waals surface area contributed by atoms with E-state index in [2.05, 4.69) is 35.2 Å². The van der Waals surface area contributed by atoms with Gasteiger partial charge in [-0.1, -0.05) is 5.21 Å². The molecule has 0 aromatic carbocycles. The van der Waals surface area contributed by atoms with Crippen molar-refractivity contribution in [3.05, 3.63) is 23.0 Å². The fourth-order valence-electron chi connectivity index (χ4n) is 5.10. The standard InChI is InChI=1S/C19H21F2N11O9P2S2/c20-7-5-1-36-42(34,44)40-11-6(39-17(8(11)21)32-14-9(29-30-32)13(22)24-3-25-14)2-37-43(35,45)41-12(7)18(38-5)31-4-26-10-15(31)27-19(23)28-16(10)33/h3-8,11-12,17-18H,1-2H2,(H,34,44)(H,35,45)(H2,22,24,25)(H3,23,27,28,33)/t5-,6-,7-,8+,11-,12-,17-,18-,42?,43?/m1/s1. The second-order valence-corrected chi connectivity index (χ2v) is 15.5. The smallest absolute Gasteiger partial charge is 0.325 e. The van der Waals surface area contributed by atoms with Crippen LogP contribution in [0.4, 0.5) is 20.5 Å². The van der Waals surface area contributed by atoms with Crippen LogP contribution in [0.25, 0.3) is 22.3 Å². The van der Waals surface area contributed by atoms with E-state index in [1.165, 1.54) is 0 Å². The first-order valence-electron chi connectivity index (χ1n) is 12.8. The van der Waals surface area contributed by atoms with Gasteiger partial charge in [0.25, 0.3) is 5.56 Å². The lowest BCUT2D eigenvalue weighted by Crippen LogP contribution is -2.34. The molecular formula is C19H21F2N11O9P2S2. The van der Waals surface area contributed by atoms with Crippen LogP contribution < -0.4 is 17.0 Å². The van der Waals surface area contributed by atoms with Crippen LogP contribution in [0.1, 0.15) is 12.5 Å². The van der Waals surface area contributed by atoms with Crippen molar-refractivity contribution < 1.29 is 46.1 Å². The number of halogens is 2. The Morgan fingerprint density at radius 1 is 0.933 bits per heavy atom. The monoisotopic (exact) mass is 711 g/mol. The average molecular weight is 712 g/mol. The van der Waals surface area contributed by atoms with Crippen molar-refractivity contribution in [3.63, 3.8) is 0 Å². The molecule has 4 aromatic heterocycles. The van der Waals surface area contributed by atoms with Gasteiger partial charge in [-0.05, 0) is 23.6 Å². The Hall–Kier alpha value is -2.73. The highest BCUT2D eigenvalue weighted by Crippen LogP contribution is 2.54. The Balaban J connectivity index is 1.21. The van der Waals surface area contributed by atoms with Crippen LogP contribution in [-0.4, -0.2) is 104 Å². The lowest BCUT2D eigenvalue weighted by molar-refractivity contribution is -0.0617. The van der Waals surface area contributed by atoms with Crippen molar-refractivity contribution in [2.24, 2.45) is 0 Å². The van der Waals surface area contributed by atoms with Gasteiger partial charge in [0.05, 0.1) is 19.5 Å². The van der Waals surface area contributed by atoms with Gasteiger partial charge in [0, 0.05) is 0 Å². The molecule has 0 spiro atoms. The number of alkyl halides is 2. The Morgan fingerprint density at radius 2 is 1.62 bits per heavy atom. The highest BCUT2D eigenvalue weighted by atomic mass is 32.5. The number of H-pyrrole nitrogens is 1. The van der Waals surface area contributed by atoms with E-state index in [0.29, 0.717) is 0 Å². The first-order valence-corrected chi connectivity index (χ1v) is 17.9. The number of nitrogen functional groups attached to an aromatic ring is 2. The Bertz CT molecular complexity index is 1950. The summed E-state index contributed by atoms with van der Waals surface area (Å²) in [7, 11) is 0. The number of nitrogens with two attached hydrogens (primary N) is 2. The van der Waals surface area contributed by atoms with E-state index in [0.717, 1.165) is 21.9 Å². The van der Waals surface area contributed by atoms with Crippen molar-refractivity contribution in [3.8, 4) is 0 Å². The lowest BCUT2D eigenvalue weighted by atomic mass is 10.1. The zero-order chi connectivity index (χ0) is 31.8. The van der Waals surface area contributed by atoms with Crippen LogP contribution in [0.15, 0.2) is 17.4 Å². The molecular weight excluding hydrogens is 690 g/mol. The van der Waals surface area contributed by atoms with Gasteiger partial charge in [0.2, 0.25) is 5.95 Å². The van der Waals surface area contributed by atoms with Crippen molar-refractivity contribution >= 4 is 71.1 Å². The fraction of sp³-hybridized carbons (Fsp3) is 0.526. The first-order chi connectivity index (χ1) is 21.3. The predicted octanol–water partition coefficient (Wildman–Crippen LogP) is -0.759. The summed E-state index contributed by atoms with van der Waals surface area (Å²) in [6.07, 6.45) is -11.2. The largest absolute Gasteiger partial charge is 0.382 e. The number of ether oxygens (including phenoxy) is 2. The maximum absolute atomic E-state index is 16.0. The Labute approximate surface area is 258 Å². The molecule has 45 heavy (non-hydrogen) atoms. The molecule has 3 aliphatic rings. The summed E-state index contributed by atoms with van der Waals surface area (Å²) in [5.74, 6) is -0.280. The molecule has 0 radical (unpaired) electrons. The Kier molecular flexibility index (Phi) is 7.70. The molecule has 26 heteroatoms. The third-order valence-electron chi connectivity index (χ3n) is 7.10. The number of rotatable bonds is 2. The number of hydrogen-bond donors (Lipinski definition) is 5. The van der Waals surface area contributed by atoms with Crippen LogP contribution in [0.3, 0.4) is 0 Å². The maximum Gasteiger partial charge on any atom is 0.325 e. The number of imidazole rings is 1. The Morgan fingerprint density at radius 3 is 2.38 bits per heavy atom. The quantitative estimate of drug-likeness (QED) is 0.160. The SMILES string of the molecule is Nc1nc2c(ncn2[C@@H]2O[C@@H]3COP(O)(=S)O[C@H]4[C@H](F)[C@H](n5nnc6c(N)ncnc65)O[C@@H]4COP(O)(=S)O[C@@H]2[C@@H]3F)c(=O)[nH]1.